The number of ether oxygens (including phenoxy) is 1. The van der Waals surface area contributed by atoms with Gasteiger partial charge in [0.2, 0.25) is 0 Å². The van der Waals surface area contributed by atoms with Crippen molar-refractivity contribution in [2.24, 2.45) is 0 Å². The Morgan fingerprint density at radius 1 is 1.03 bits per heavy atom. The minimum Gasteiger partial charge on any atom is -0.423 e. The van der Waals surface area contributed by atoms with Gasteiger partial charge in [-0.1, -0.05) is 29.8 Å². The van der Waals surface area contributed by atoms with E-state index in [1.807, 2.05) is 0 Å². The molecule has 0 amide bonds. The third-order valence-electron chi connectivity index (χ3n) is 4.54. The summed E-state index contributed by atoms with van der Waals surface area (Å²) in [6.45, 7) is 1.79. The molecule has 0 aliphatic carbocycles. The van der Waals surface area contributed by atoms with Crippen molar-refractivity contribution >= 4 is 28.5 Å². The summed E-state index contributed by atoms with van der Waals surface area (Å²) in [5, 5.41) is 1.18. The SMILES string of the molecule is Cc1c(-c2ccc(Cl)cc2)c(=O)oc2ccc(OC(=O)c3cccc(F)c3)cc12. The van der Waals surface area contributed by atoms with Gasteiger partial charge in [-0.25, -0.2) is 14.0 Å². The molecule has 0 saturated heterocycles. The monoisotopic (exact) mass is 408 g/mol. The lowest BCUT2D eigenvalue weighted by molar-refractivity contribution is 0.0734. The molecule has 1 heterocycles. The summed E-state index contributed by atoms with van der Waals surface area (Å²) in [6.07, 6.45) is 0. The van der Waals surface area contributed by atoms with Gasteiger partial charge in [-0.3, -0.25) is 0 Å². The molecular formula is C23H14ClFO4. The van der Waals surface area contributed by atoms with Crippen LogP contribution in [0.1, 0.15) is 15.9 Å². The normalized spacial score (nSPS) is 10.9. The van der Waals surface area contributed by atoms with Crippen LogP contribution in [0, 0.1) is 12.7 Å². The van der Waals surface area contributed by atoms with Crippen molar-refractivity contribution in [2.45, 2.75) is 6.92 Å². The average molecular weight is 409 g/mol. The van der Waals surface area contributed by atoms with Crippen molar-refractivity contribution in [3.63, 3.8) is 0 Å². The van der Waals surface area contributed by atoms with E-state index in [1.54, 1.807) is 43.3 Å². The van der Waals surface area contributed by atoms with Gasteiger partial charge in [0.25, 0.3) is 0 Å². The lowest BCUT2D eigenvalue weighted by Gasteiger charge is -2.10. The minimum atomic E-state index is -0.684. The molecule has 0 radical (unpaired) electrons. The lowest BCUT2D eigenvalue weighted by Crippen LogP contribution is -2.09. The molecule has 4 aromatic rings. The van der Waals surface area contributed by atoms with E-state index in [1.165, 1.54) is 24.3 Å². The molecule has 6 heteroatoms. The standard InChI is InChI=1S/C23H14ClFO4/c1-13-19-12-18(28-22(26)15-3-2-4-17(25)11-15)9-10-20(19)29-23(27)21(13)14-5-7-16(24)8-6-14/h2-12H,1H3. The number of hydrogen-bond acceptors (Lipinski definition) is 4. The number of carbonyl (C=O) groups is 1. The van der Waals surface area contributed by atoms with Crippen LogP contribution < -0.4 is 10.4 Å². The van der Waals surface area contributed by atoms with Crippen LogP contribution >= 0.6 is 11.6 Å². The fourth-order valence-corrected chi connectivity index (χ4v) is 3.25. The Bertz CT molecular complexity index is 1290. The maximum absolute atomic E-state index is 13.3. The third-order valence-corrected chi connectivity index (χ3v) is 4.79. The number of halogens is 2. The van der Waals surface area contributed by atoms with Crippen LogP contribution in [0.25, 0.3) is 22.1 Å². The Hall–Kier alpha value is -3.44. The lowest BCUT2D eigenvalue weighted by atomic mass is 9.99. The number of rotatable bonds is 3. The van der Waals surface area contributed by atoms with Gasteiger partial charge in [-0.05, 0) is 66.6 Å². The maximum atomic E-state index is 13.3. The predicted molar refractivity (Wildman–Crippen MR) is 109 cm³/mol. The molecule has 144 valence electrons. The highest BCUT2D eigenvalue weighted by atomic mass is 35.5. The molecule has 4 rings (SSSR count). The molecule has 0 aliphatic rings. The minimum absolute atomic E-state index is 0.100. The molecule has 1 aromatic heterocycles. The summed E-state index contributed by atoms with van der Waals surface area (Å²) < 4.78 is 24.1. The van der Waals surface area contributed by atoms with Crippen LogP contribution in [0.15, 0.2) is 75.9 Å². The van der Waals surface area contributed by atoms with Gasteiger partial charge in [0.05, 0.1) is 11.1 Å². The smallest absolute Gasteiger partial charge is 0.344 e. The van der Waals surface area contributed by atoms with Crippen LogP contribution in [0.5, 0.6) is 5.75 Å². The van der Waals surface area contributed by atoms with Gasteiger partial charge >= 0.3 is 11.6 Å². The van der Waals surface area contributed by atoms with Crippen molar-refractivity contribution < 1.29 is 18.3 Å². The first kappa shape index (κ1) is 18.9. The predicted octanol–water partition coefficient (Wildman–Crippen LogP) is 5.78. The second-order valence-corrected chi connectivity index (χ2v) is 6.89. The zero-order chi connectivity index (χ0) is 20.5. The maximum Gasteiger partial charge on any atom is 0.344 e. The van der Waals surface area contributed by atoms with Gasteiger partial charge in [-0.15, -0.1) is 0 Å². The Labute approximate surface area is 170 Å². The number of esters is 1. The molecule has 0 N–H and O–H groups in total. The number of hydrogen-bond donors (Lipinski definition) is 0. The topological polar surface area (TPSA) is 56.5 Å². The molecule has 0 atom stereocenters. The molecule has 0 saturated carbocycles. The third kappa shape index (κ3) is 3.77. The van der Waals surface area contributed by atoms with E-state index in [-0.39, 0.29) is 11.3 Å². The first-order chi connectivity index (χ1) is 13.9. The molecule has 0 unspecified atom stereocenters. The first-order valence-electron chi connectivity index (χ1n) is 8.73. The quantitative estimate of drug-likeness (QED) is 0.245. The highest BCUT2D eigenvalue weighted by Crippen LogP contribution is 2.30. The molecule has 0 aliphatic heterocycles. The largest absolute Gasteiger partial charge is 0.423 e. The summed E-state index contributed by atoms with van der Waals surface area (Å²) in [4.78, 5) is 24.8. The first-order valence-corrected chi connectivity index (χ1v) is 9.11. The molecule has 0 bridgehead atoms. The van der Waals surface area contributed by atoms with E-state index in [0.717, 1.165) is 6.07 Å². The highest BCUT2D eigenvalue weighted by molar-refractivity contribution is 6.30. The van der Waals surface area contributed by atoms with Crippen molar-refractivity contribution in [3.05, 3.63) is 99.1 Å². The summed E-state index contributed by atoms with van der Waals surface area (Å²) in [6, 6.07) is 16.8. The van der Waals surface area contributed by atoms with Gasteiger partial charge in [0.1, 0.15) is 17.1 Å². The van der Waals surface area contributed by atoms with E-state index in [9.17, 15) is 14.0 Å². The fourth-order valence-electron chi connectivity index (χ4n) is 3.13. The Balaban J connectivity index is 1.76. The van der Waals surface area contributed by atoms with Crippen molar-refractivity contribution in [1.82, 2.24) is 0 Å². The van der Waals surface area contributed by atoms with Gasteiger partial charge in [0, 0.05) is 10.4 Å². The second-order valence-electron chi connectivity index (χ2n) is 6.45. The van der Waals surface area contributed by atoms with Crippen LogP contribution in [-0.2, 0) is 0 Å². The van der Waals surface area contributed by atoms with E-state index in [0.29, 0.717) is 32.7 Å². The zero-order valence-corrected chi connectivity index (χ0v) is 16.0. The molecule has 4 nitrogen and oxygen atoms in total. The highest BCUT2D eigenvalue weighted by Gasteiger charge is 2.15. The van der Waals surface area contributed by atoms with Crippen LogP contribution in [0.2, 0.25) is 5.02 Å². The van der Waals surface area contributed by atoms with E-state index in [2.05, 4.69) is 0 Å². The molecule has 0 spiro atoms. The molecule has 0 fully saturated rings. The van der Waals surface area contributed by atoms with E-state index in [4.69, 9.17) is 20.8 Å². The van der Waals surface area contributed by atoms with E-state index >= 15 is 0 Å². The molecule has 3 aromatic carbocycles. The van der Waals surface area contributed by atoms with Gasteiger partial charge in [-0.2, -0.15) is 0 Å². The zero-order valence-electron chi connectivity index (χ0n) is 15.2. The fraction of sp³-hybridized carbons (Fsp3) is 0.0435. The molecular weight excluding hydrogens is 395 g/mol. The summed E-state index contributed by atoms with van der Waals surface area (Å²) in [7, 11) is 0. The van der Waals surface area contributed by atoms with E-state index < -0.39 is 17.4 Å². The van der Waals surface area contributed by atoms with Crippen LogP contribution in [0.3, 0.4) is 0 Å². The average Bonchev–Trinajstić information content (AvgIpc) is 2.70. The number of carbonyl (C=O) groups excluding carboxylic acids is 1. The number of benzene rings is 3. The van der Waals surface area contributed by atoms with Gasteiger partial charge in [0.15, 0.2) is 0 Å². The number of fused-ring (bicyclic) bond motifs is 1. The Morgan fingerprint density at radius 2 is 1.79 bits per heavy atom. The Morgan fingerprint density at radius 3 is 2.52 bits per heavy atom. The Kier molecular flexibility index (Phi) is 4.91. The van der Waals surface area contributed by atoms with Crippen molar-refractivity contribution in [3.8, 4) is 16.9 Å². The van der Waals surface area contributed by atoms with Crippen molar-refractivity contribution in [2.75, 3.05) is 0 Å². The van der Waals surface area contributed by atoms with Crippen LogP contribution in [0.4, 0.5) is 4.39 Å². The van der Waals surface area contributed by atoms with Crippen molar-refractivity contribution in [1.29, 1.82) is 0 Å². The summed E-state index contributed by atoms with van der Waals surface area (Å²) in [5.74, 6) is -0.953. The number of aryl methyl sites for hydroxylation is 1. The van der Waals surface area contributed by atoms with Gasteiger partial charge < -0.3 is 9.15 Å². The summed E-state index contributed by atoms with van der Waals surface area (Å²) in [5.41, 5.74) is 1.76. The van der Waals surface area contributed by atoms with Crippen LogP contribution in [-0.4, -0.2) is 5.97 Å². The second kappa shape index (κ2) is 7.53. The summed E-state index contributed by atoms with van der Waals surface area (Å²) >= 11 is 5.93. The molecule has 29 heavy (non-hydrogen) atoms.